The van der Waals surface area contributed by atoms with E-state index in [1.807, 2.05) is 55.5 Å². The van der Waals surface area contributed by atoms with Crippen LogP contribution >= 0.6 is 0 Å². The fourth-order valence-electron chi connectivity index (χ4n) is 5.13. The lowest BCUT2D eigenvalue weighted by molar-refractivity contribution is -0.156. The van der Waals surface area contributed by atoms with E-state index >= 15 is 0 Å². The van der Waals surface area contributed by atoms with Gasteiger partial charge in [-0.05, 0) is 95.7 Å². The van der Waals surface area contributed by atoms with Crippen LogP contribution in [0.4, 0.5) is 9.59 Å². The summed E-state index contributed by atoms with van der Waals surface area (Å²) in [5.74, 6) is -1.37. The van der Waals surface area contributed by atoms with Crippen molar-refractivity contribution in [2.45, 2.75) is 104 Å². The van der Waals surface area contributed by atoms with Crippen molar-refractivity contribution in [3.05, 3.63) is 101 Å². The van der Waals surface area contributed by atoms with E-state index in [4.69, 9.17) is 18.9 Å². The summed E-state index contributed by atoms with van der Waals surface area (Å²) < 4.78 is 22.1. The van der Waals surface area contributed by atoms with Gasteiger partial charge in [0.25, 0.3) is 0 Å². The number of carbonyl (C=O) groups is 5. The number of aryl methyl sites for hydroxylation is 2. The molecule has 55 heavy (non-hydrogen) atoms. The molecule has 3 N–H and O–H groups in total. The lowest BCUT2D eigenvalue weighted by Gasteiger charge is -2.25. The molecule has 0 saturated carbocycles. The summed E-state index contributed by atoms with van der Waals surface area (Å²) >= 11 is 0. The molecule has 3 aromatic rings. The predicted molar refractivity (Wildman–Crippen MR) is 208 cm³/mol. The summed E-state index contributed by atoms with van der Waals surface area (Å²) in [5.41, 5.74) is 1.94. The van der Waals surface area contributed by atoms with Crippen molar-refractivity contribution in [2.24, 2.45) is 0 Å². The summed E-state index contributed by atoms with van der Waals surface area (Å²) in [5, 5.41) is 8.17. The van der Waals surface area contributed by atoms with E-state index in [0.29, 0.717) is 18.7 Å². The molecule has 0 saturated heterocycles. The van der Waals surface area contributed by atoms with Gasteiger partial charge < -0.3 is 39.8 Å². The van der Waals surface area contributed by atoms with Crippen molar-refractivity contribution >= 4 is 30.0 Å². The van der Waals surface area contributed by atoms with Crippen molar-refractivity contribution in [1.82, 2.24) is 20.9 Å². The fraction of sp³-hybridized carbons (Fsp3) is 0.452. The summed E-state index contributed by atoms with van der Waals surface area (Å²) in [4.78, 5) is 67.0. The molecule has 3 aromatic carbocycles. The van der Waals surface area contributed by atoms with Gasteiger partial charge >= 0.3 is 18.2 Å². The topological polar surface area (TPSA) is 162 Å². The Kier molecular flexibility index (Phi) is 16.5. The molecule has 0 aromatic heterocycles. The van der Waals surface area contributed by atoms with Crippen LogP contribution in [0.1, 0.15) is 76.6 Å². The molecular formula is C42H56N4O9. The molecule has 13 heteroatoms. The maximum absolute atomic E-state index is 13.8. The third-order valence-corrected chi connectivity index (χ3v) is 7.98. The zero-order valence-electron chi connectivity index (χ0n) is 33.2. The second kappa shape index (κ2) is 20.8. The fourth-order valence-corrected chi connectivity index (χ4v) is 5.13. The van der Waals surface area contributed by atoms with Gasteiger partial charge in [0.15, 0.2) is 0 Å². The normalized spacial score (nSPS) is 12.4. The molecular weight excluding hydrogens is 704 g/mol. The molecule has 3 rings (SSSR count). The number of nitrogens with zero attached hydrogens (tertiary/aromatic N) is 1. The smallest absolute Gasteiger partial charge is 0.410 e. The average molecular weight is 761 g/mol. The highest BCUT2D eigenvalue weighted by atomic mass is 16.6. The number of rotatable bonds is 17. The largest absolute Gasteiger partial charge is 0.492 e. The SMILES string of the molecule is Cc1ccc(OCCN(C)C(=O)OC(C)(C)C)cc1CNC(=O)[C@H](CCc1ccccc1)NC(=O)[C@H](CC(=O)OC(C)(C)C)NC(=O)OCc1ccccc1. The van der Waals surface area contributed by atoms with Crippen LogP contribution in [0.5, 0.6) is 5.75 Å². The number of nitrogens with one attached hydrogen (secondary N) is 3. The van der Waals surface area contributed by atoms with Gasteiger partial charge in [-0.25, -0.2) is 9.59 Å². The number of amides is 4. The number of hydrogen-bond donors (Lipinski definition) is 3. The van der Waals surface area contributed by atoms with Crippen molar-refractivity contribution in [3.8, 4) is 5.75 Å². The zero-order chi connectivity index (χ0) is 40.6. The van der Waals surface area contributed by atoms with Gasteiger partial charge in [-0.1, -0.05) is 66.7 Å². The number of ether oxygens (including phenoxy) is 4. The van der Waals surface area contributed by atoms with Crippen molar-refractivity contribution in [3.63, 3.8) is 0 Å². The Balaban J connectivity index is 1.72. The number of carbonyl (C=O) groups excluding carboxylic acids is 5. The van der Waals surface area contributed by atoms with Crippen molar-refractivity contribution in [2.75, 3.05) is 20.2 Å². The maximum Gasteiger partial charge on any atom is 0.410 e. The molecule has 0 bridgehead atoms. The van der Waals surface area contributed by atoms with Crippen LogP contribution in [0.15, 0.2) is 78.9 Å². The molecule has 0 aliphatic carbocycles. The molecule has 4 amide bonds. The number of benzene rings is 3. The standard InChI is InChI=1S/C42H56N4O9/c1-29-19-21-33(52-24-23-46(8)40(51)55-42(5,6)7)25-32(29)27-43-37(48)34(22-20-30-15-11-9-12-16-30)44-38(49)35(26-36(47)54-41(2,3)4)45-39(50)53-28-31-17-13-10-14-18-31/h9-19,21,25,34-35H,20,22-24,26-28H2,1-8H3,(H,43,48)(H,44,49)(H,45,50)/t34-,35-/m0/s1. The average Bonchev–Trinajstić information content (AvgIpc) is 3.11. The highest BCUT2D eigenvalue weighted by Crippen LogP contribution is 2.18. The molecule has 0 fully saturated rings. The molecule has 0 radical (unpaired) electrons. The Morgan fingerprint density at radius 2 is 1.36 bits per heavy atom. The summed E-state index contributed by atoms with van der Waals surface area (Å²) in [6.07, 6.45) is -1.16. The van der Waals surface area contributed by atoms with E-state index in [9.17, 15) is 24.0 Å². The van der Waals surface area contributed by atoms with E-state index in [0.717, 1.165) is 22.3 Å². The van der Waals surface area contributed by atoms with Gasteiger partial charge in [0.2, 0.25) is 11.8 Å². The summed E-state index contributed by atoms with van der Waals surface area (Å²) in [6.45, 7) is 13.0. The molecule has 0 unspecified atom stereocenters. The third-order valence-electron chi connectivity index (χ3n) is 7.98. The van der Waals surface area contributed by atoms with Crippen LogP contribution in [-0.4, -0.2) is 78.4 Å². The Morgan fingerprint density at radius 3 is 1.98 bits per heavy atom. The number of esters is 1. The molecule has 0 aliphatic rings. The van der Waals surface area contributed by atoms with E-state index in [1.165, 1.54) is 4.90 Å². The van der Waals surface area contributed by atoms with Crippen LogP contribution in [0, 0.1) is 6.92 Å². The van der Waals surface area contributed by atoms with E-state index in [-0.39, 0.29) is 26.2 Å². The van der Waals surface area contributed by atoms with Crippen LogP contribution in [0.25, 0.3) is 0 Å². The quantitative estimate of drug-likeness (QED) is 0.111. The monoisotopic (exact) mass is 760 g/mol. The molecule has 0 spiro atoms. The van der Waals surface area contributed by atoms with Gasteiger partial charge in [0.05, 0.1) is 13.0 Å². The Morgan fingerprint density at radius 1 is 0.745 bits per heavy atom. The van der Waals surface area contributed by atoms with E-state index in [2.05, 4.69) is 16.0 Å². The molecule has 13 nitrogen and oxygen atoms in total. The van der Waals surface area contributed by atoms with Gasteiger partial charge in [0.1, 0.15) is 42.2 Å². The summed E-state index contributed by atoms with van der Waals surface area (Å²) in [7, 11) is 1.63. The van der Waals surface area contributed by atoms with Crippen LogP contribution in [0.3, 0.4) is 0 Å². The first-order valence-electron chi connectivity index (χ1n) is 18.4. The Hall–Kier alpha value is -5.59. The summed E-state index contributed by atoms with van der Waals surface area (Å²) in [6, 6.07) is 21.6. The van der Waals surface area contributed by atoms with Crippen LogP contribution in [-0.2, 0) is 48.2 Å². The number of alkyl carbamates (subject to hydrolysis) is 1. The predicted octanol–water partition coefficient (Wildman–Crippen LogP) is 6.00. The minimum atomic E-state index is -1.39. The minimum Gasteiger partial charge on any atom is -0.492 e. The Labute approximate surface area is 324 Å². The van der Waals surface area contributed by atoms with Gasteiger partial charge in [-0.2, -0.15) is 0 Å². The minimum absolute atomic E-state index is 0.0512. The molecule has 0 heterocycles. The van der Waals surface area contributed by atoms with E-state index < -0.39 is 59.7 Å². The first-order valence-corrected chi connectivity index (χ1v) is 18.4. The van der Waals surface area contributed by atoms with Gasteiger partial charge in [0, 0.05) is 13.6 Å². The van der Waals surface area contributed by atoms with Gasteiger partial charge in [-0.15, -0.1) is 0 Å². The maximum atomic E-state index is 13.8. The number of hydrogen-bond acceptors (Lipinski definition) is 9. The first-order chi connectivity index (χ1) is 25.9. The van der Waals surface area contributed by atoms with Gasteiger partial charge in [-0.3, -0.25) is 14.4 Å². The number of likely N-dealkylation sites (N-methyl/N-ethyl adjacent to an activating group) is 1. The van der Waals surface area contributed by atoms with Crippen LogP contribution in [0.2, 0.25) is 0 Å². The van der Waals surface area contributed by atoms with E-state index in [1.54, 1.807) is 78.9 Å². The first kappa shape index (κ1) is 43.8. The highest BCUT2D eigenvalue weighted by molar-refractivity contribution is 5.93. The zero-order valence-corrected chi connectivity index (χ0v) is 33.2. The molecule has 0 aliphatic heterocycles. The molecule has 298 valence electrons. The molecule has 2 atom stereocenters. The van der Waals surface area contributed by atoms with Crippen molar-refractivity contribution in [1.29, 1.82) is 0 Å². The second-order valence-electron chi connectivity index (χ2n) is 15.2. The van der Waals surface area contributed by atoms with Crippen molar-refractivity contribution < 1.29 is 42.9 Å². The lowest BCUT2D eigenvalue weighted by atomic mass is 10.0. The van der Waals surface area contributed by atoms with Crippen LogP contribution < -0.4 is 20.7 Å². The lowest BCUT2D eigenvalue weighted by Crippen LogP contribution is -2.54. The Bertz CT molecular complexity index is 1720. The third kappa shape index (κ3) is 17.0. The second-order valence-corrected chi connectivity index (χ2v) is 15.2. The highest BCUT2D eigenvalue weighted by Gasteiger charge is 2.31.